The van der Waals surface area contributed by atoms with Crippen LogP contribution in [0.4, 0.5) is 5.69 Å². The summed E-state index contributed by atoms with van der Waals surface area (Å²) in [6, 6.07) is 22.8. The minimum absolute atomic E-state index is 0.0253. The Balaban J connectivity index is 1.27. The second kappa shape index (κ2) is 9.63. The Bertz CT molecular complexity index is 1470. The van der Waals surface area contributed by atoms with Crippen molar-refractivity contribution < 1.29 is 4.79 Å². The van der Waals surface area contributed by atoms with E-state index in [0.717, 1.165) is 22.2 Å². The first-order valence-electron chi connectivity index (χ1n) is 13.0. The van der Waals surface area contributed by atoms with E-state index >= 15 is 0 Å². The fourth-order valence-electron chi connectivity index (χ4n) is 5.75. The lowest BCUT2D eigenvalue weighted by Gasteiger charge is -2.28. The number of carbonyl (C=O) groups excluding carboxylic acids is 1. The van der Waals surface area contributed by atoms with E-state index < -0.39 is 0 Å². The van der Waals surface area contributed by atoms with E-state index in [2.05, 4.69) is 57.1 Å². The number of pyridine rings is 1. The second-order valence-corrected chi connectivity index (χ2v) is 10.5. The maximum absolute atomic E-state index is 13.1. The molecule has 1 saturated carbocycles. The topological polar surface area (TPSA) is 62.2 Å². The van der Waals surface area contributed by atoms with Crippen LogP contribution in [0.15, 0.2) is 72.9 Å². The molecule has 2 aliphatic rings. The van der Waals surface area contributed by atoms with Gasteiger partial charge in [-0.2, -0.15) is 0 Å². The summed E-state index contributed by atoms with van der Waals surface area (Å²) in [5, 5.41) is 9.45. The molecule has 2 atom stereocenters. The zero-order valence-corrected chi connectivity index (χ0v) is 22.0. The van der Waals surface area contributed by atoms with Gasteiger partial charge in [0.1, 0.15) is 0 Å². The van der Waals surface area contributed by atoms with Gasteiger partial charge in [0.05, 0.1) is 17.8 Å². The summed E-state index contributed by atoms with van der Waals surface area (Å²) in [6.07, 6.45) is 4.63. The van der Waals surface area contributed by atoms with Gasteiger partial charge in [-0.15, -0.1) is 0 Å². The number of hydrogen-bond acceptors (Lipinski definition) is 3. The number of rotatable bonds is 7. The number of benzene rings is 2. The highest BCUT2D eigenvalue weighted by molar-refractivity contribution is 7.80. The summed E-state index contributed by atoms with van der Waals surface area (Å²) in [7, 11) is 0. The minimum Gasteiger partial charge on any atom is -0.352 e. The Morgan fingerprint density at radius 1 is 1.08 bits per heavy atom. The molecule has 0 radical (unpaired) electrons. The quantitative estimate of drug-likeness (QED) is 0.300. The Hall–Kier alpha value is -3.71. The molecule has 1 aliphatic carbocycles. The van der Waals surface area contributed by atoms with E-state index in [1.165, 1.54) is 29.8 Å². The minimum atomic E-state index is -0.0806. The van der Waals surface area contributed by atoms with Crippen LogP contribution in [0.5, 0.6) is 0 Å². The van der Waals surface area contributed by atoms with E-state index in [1.807, 2.05) is 54.7 Å². The molecule has 2 N–H and O–H groups in total. The molecular weight excluding hydrogens is 478 g/mol. The molecule has 2 fully saturated rings. The van der Waals surface area contributed by atoms with Crippen LogP contribution in [0.2, 0.25) is 0 Å². The average molecular weight is 510 g/mol. The van der Waals surface area contributed by atoms with Crippen molar-refractivity contribution in [1.29, 1.82) is 0 Å². The lowest BCUT2D eigenvalue weighted by atomic mass is 9.96. The molecule has 0 spiro atoms. The average Bonchev–Trinajstić information content (AvgIpc) is 3.62. The summed E-state index contributed by atoms with van der Waals surface area (Å²) in [5.41, 5.74) is 5.60. The molecule has 6 rings (SSSR count). The van der Waals surface area contributed by atoms with Crippen molar-refractivity contribution in [3.63, 3.8) is 0 Å². The first-order valence-corrected chi connectivity index (χ1v) is 13.4. The van der Waals surface area contributed by atoms with Crippen LogP contribution in [0.3, 0.4) is 0 Å². The molecule has 7 heteroatoms. The summed E-state index contributed by atoms with van der Waals surface area (Å²) in [5.74, 6) is -0.0253. The van der Waals surface area contributed by atoms with Gasteiger partial charge < -0.3 is 20.1 Å². The number of aromatic nitrogens is 2. The van der Waals surface area contributed by atoms with E-state index in [1.54, 1.807) is 0 Å². The molecule has 3 heterocycles. The smallest absolute Gasteiger partial charge is 0.226 e. The van der Waals surface area contributed by atoms with Crippen molar-refractivity contribution in [3.8, 4) is 0 Å². The fourth-order valence-corrected chi connectivity index (χ4v) is 6.08. The number of nitrogens with zero attached hydrogens (tertiary/aromatic N) is 3. The number of carbonyl (C=O) groups is 1. The molecule has 188 valence electrons. The van der Waals surface area contributed by atoms with Gasteiger partial charge in [-0.1, -0.05) is 42.5 Å². The normalized spacial score (nSPS) is 19.3. The van der Waals surface area contributed by atoms with Crippen LogP contribution in [0.25, 0.3) is 10.8 Å². The zero-order chi connectivity index (χ0) is 25.5. The number of anilines is 1. The van der Waals surface area contributed by atoms with Crippen LogP contribution < -0.4 is 10.6 Å². The van der Waals surface area contributed by atoms with Gasteiger partial charge in [-0.25, -0.2) is 0 Å². The molecule has 1 amide bonds. The monoisotopic (exact) mass is 509 g/mol. The SMILES string of the molecule is Cc1cc([C@@H]2[C@@H](c3ccccn3)NC(=S)N2CCC(=O)Nc2cccc3ccccc23)c(C)n1C1CC1. The second-order valence-electron chi connectivity index (χ2n) is 10.1. The Labute approximate surface area is 222 Å². The predicted molar refractivity (Wildman–Crippen MR) is 152 cm³/mol. The molecule has 37 heavy (non-hydrogen) atoms. The molecule has 1 saturated heterocycles. The first kappa shape index (κ1) is 23.7. The maximum Gasteiger partial charge on any atom is 0.226 e. The molecule has 0 bridgehead atoms. The summed E-state index contributed by atoms with van der Waals surface area (Å²) in [4.78, 5) is 20.0. The number of hydrogen-bond donors (Lipinski definition) is 2. The third kappa shape index (κ3) is 4.48. The van der Waals surface area contributed by atoms with Gasteiger partial charge in [0, 0.05) is 47.7 Å². The fraction of sp³-hybridized carbons (Fsp3) is 0.300. The number of thiocarbonyl (C=S) groups is 1. The van der Waals surface area contributed by atoms with Gasteiger partial charge >= 0.3 is 0 Å². The van der Waals surface area contributed by atoms with Crippen molar-refractivity contribution >= 4 is 39.7 Å². The van der Waals surface area contributed by atoms with Crippen molar-refractivity contribution in [3.05, 3.63) is 95.6 Å². The molecule has 1 aliphatic heterocycles. The van der Waals surface area contributed by atoms with E-state index in [9.17, 15) is 4.79 Å². The van der Waals surface area contributed by atoms with Crippen LogP contribution >= 0.6 is 12.2 Å². The highest BCUT2D eigenvalue weighted by Crippen LogP contribution is 2.44. The lowest BCUT2D eigenvalue weighted by Crippen LogP contribution is -2.33. The molecule has 2 aromatic heterocycles. The zero-order valence-electron chi connectivity index (χ0n) is 21.1. The number of aryl methyl sites for hydroxylation is 1. The third-order valence-corrected chi connectivity index (χ3v) is 7.95. The first-order chi connectivity index (χ1) is 18.0. The maximum atomic E-state index is 13.1. The van der Waals surface area contributed by atoms with Gasteiger partial charge in [0.2, 0.25) is 5.91 Å². The van der Waals surface area contributed by atoms with Gasteiger partial charge in [0.25, 0.3) is 0 Å². The van der Waals surface area contributed by atoms with Gasteiger partial charge in [-0.3, -0.25) is 9.78 Å². The Kier molecular flexibility index (Phi) is 6.16. The van der Waals surface area contributed by atoms with E-state index in [0.29, 0.717) is 24.1 Å². The number of fused-ring (bicyclic) bond motifs is 1. The van der Waals surface area contributed by atoms with E-state index in [-0.39, 0.29) is 18.0 Å². The standard InChI is InChI=1S/C30H31N5OS/c1-19-18-24(20(2)35(19)22-13-14-22)29-28(26-11-5-6-16-31-26)33-30(37)34(29)17-15-27(36)32-25-12-7-9-21-8-3-4-10-23(21)25/h3-12,16,18,22,28-29H,13-15,17H2,1-2H3,(H,32,36)(H,33,37)/t28-,29-/m1/s1. The largest absolute Gasteiger partial charge is 0.352 e. The summed E-state index contributed by atoms with van der Waals surface area (Å²) in [6.45, 7) is 4.92. The van der Waals surface area contributed by atoms with E-state index in [4.69, 9.17) is 12.2 Å². The molecule has 0 unspecified atom stereocenters. The number of amides is 1. The Morgan fingerprint density at radius 2 is 1.86 bits per heavy atom. The van der Waals surface area contributed by atoms with Gasteiger partial charge in [-0.05, 0) is 74.1 Å². The highest BCUT2D eigenvalue weighted by Gasteiger charge is 2.42. The van der Waals surface area contributed by atoms with Crippen molar-refractivity contribution in [2.24, 2.45) is 0 Å². The van der Waals surface area contributed by atoms with Crippen LogP contribution in [0.1, 0.15) is 60.0 Å². The molecular formula is C30H31N5OS. The molecule has 4 aromatic rings. The Morgan fingerprint density at radius 3 is 2.65 bits per heavy atom. The molecule has 6 nitrogen and oxygen atoms in total. The van der Waals surface area contributed by atoms with Crippen molar-refractivity contribution in [2.45, 2.75) is 51.2 Å². The summed E-state index contributed by atoms with van der Waals surface area (Å²) >= 11 is 5.83. The van der Waals surface area contributed by atoms with Crippen LogP contribution in [0, 0.1) is 13.8 Å². The van der Waals surface area contributed by atoms with Crippen molar-refractivity contribution in [1.82, 2.24) is 19.8 Å². The van der Waals surface area contributed by atoms with Crippen LogP contribution in [-0.2, 0) is 4.79 Å². The lowest BCUT2D eigenvalue weighted by molar-refractivity contribution is -0.116. The highest BCUT2D eigenvalue weighted by atomic mass is 32.1. The van der Waals surface area contributed by atoms with Crippen LogP contribution in [-0.4, -0.2) is 32.0 Å². The van der Waals surface area contributed by atoms with Gasteiger partial charge in [0.15, 0.2) is 5.11 Å². The third-order valence-electron chi connectivity index (χ3n) is 7.60. The number of nitrogens with one attached hydrogen (secondary N) is 2. The van der Waals surface area contributed by atoms with Crippen molar-refractivity contribution in [2.75, 3.05) is 11.9 Å². The predicted octanol–water partition coefficient (Wildman–Crippen LogP) is 5.99. The summed E-state index contributed by atoms with van der Waals surface area (Å²) < 4.78 is 2.47. The molecule has 2 aromatic carbocycles.